The number of hydrogen-bond acceptors (Lipinski definition) is 2. The lowest BCUT2D eigenvalue weighted by Gasteiger charge is -2.33. The first kappa shape index (κ1) is 12.4. The highest BCUT2D eigenvalue weighted by Gasteiger charge is 2.39. The maximum atomic E-state index is 12.3. The van der Waals surface area contributed by atoms with Crippen molar-refractivity contribution in [3.05, 3.63) is 24.3 Å². The van der Waals surface area contributed by atoms with Crippen LogP contribution in [0, 0.1) is 11.3 Å². The van der Waals surface area contributed by atoms with Crippen molar-refractivity contribution in [3.63, 3.8) is 0 Å². The van der Waals surface area contributed by atoms with Crippen LogP contribution in [-0.4, -0.2) is 12.1 Å². The highest BCUT2D eigenvalue weighted by atomic mass is 16.5. The van der Waals surface area contributed by atoms with Crippen LogP contribution < -0.4 is 0 Å². The molecule has 1 saturated carbocycles. The first-order valence-corrected chi connectivity index (χ1v) is 6.70. The van der Waals surface area contributed by atoms with E-state index < -0.39 is 5.41 Å². The van der Waals surface area contributed by atoms with Gasteiger partial charge in [0.2, 0.25) is 0 Å². The fraction of sp³-hybridized carbons (Fsp3) is 0.667. The molecule has 0 heterocycles. The van der Waals surface area contributed by atoms with Gasteiger partial charge in [-0.05, 0) is 38.5 Å². The summed E-state index contributed by atoms with van der Waals surface area (Å²) >= 11 is 0. The Morgan fingerprint density at radius 2 is 1.94 bits per heavy atom. The number of ether oxygens (including phenoxy) is 1. The van der Waals surface area contributed by atoms with E-state index in [-0.39, 0.29) is 18.0 Å². The largest absolute Gasteiger partial charge is 0.462 e. The second-order valence-electron chi connectivity index (χ2n) is 5.48. The second-order valence-corrected chi connectivity index (χ2v) is 5.48. The molecule has 0 aromatic rings. The van der Waals surface area contributed by atoms with E-state index >= 15 is 0 Å². The Kier molecular flexibility index (Phi) is 3.70. The van der Waals surface area contributed by atoms with Crippen LogP contribution in [0.5, 0.6) is 0 Å². The fourth-order valence-corrected chi connectivity index (χ4v) is 2.55. The minimum absolute atomic E-state index is 0.0579. The smallest absolute Gasteiger partial charge is 0.316 e. The lowest BCUT2D eigenvalue weighted by molar-refractivity contribution is -0.161. The summed E-state index contributed by atoms with van der Waals surface area (Å²) in [5, 5.41) is 0. The number of carbonyl (C=O) groups is 1. The Labute approximate surface area is 104 Å². The van der Waals surface area contributed by atoms with Crippen molar-refractivity contribution < 1.29 is 9.53 Å². The maximum Gasteiger partial charge on any atom is 0.316 e. The van der Waals surface area contributed by atoms with Crippen molar-refractivity contribution in [2.75, 3.05) is 0 Å². The van der Waals surface area contributed by atoms with E-state index in [1.165, 1.54) is 19.3 Å². The lowest BCUT2D eigenvalue weighted by atomic mass is 9.75. The number of hydrogen-bond donors (Lipinski definition) is 0. The fourth-order valence-electron chi connectivity index (χ4n) is 2.55. The summed E-state index contributed by atoms with van der Waals surface area (Å²) < 4.78 is 5.68. The van der Waals surface area contributed by atoms with Crippen molar-refractivity contribution in [2.24, 2.45) is 11.3 Å². The molecule has 1 fully saturated rings. The second kappa shape index (κ2) is 5.07. The molecule has 2 unspecified atom stereocenters. The molecule has 0 aromatic heterocycles. The molecule has 2 rings (SSSR count). The Bertz CT molecular complexity index is 337. The predicted molar refractivity (Wildman–Crippen MR) is 68.5 cm³/mol. The lowest BCUT2D eigenvalue weighted by Crippen LogP contribution is -2.37. The molecular weight excluding hydrogens is 212 g/mol. The molecule has 2 heteroatoms. The molecule has 0 bridgehead atoms. The summed E-state index contributed by atoms with van der Waals surface area (Å²) in [7, 11) is 0. The molecule has 0 N–H and O–H groups in total. The molecule has 2 atom stereocenters. The van der Waals surface area contributed by atoms with Gasteiger partial charge in [0, 0.05) is 0 Å². The topological polar surface area (TPSA) is 26.3 Å². The van der Waals surface area contributed by atoms with Crippen molar-refractivity contribution in [1.29, 1.82) is 0 Å². The molecule has 0 aromatic carbocycles. The average molecular weight is 234 g/mol. The average Bonchev–Trinajstić information content (AvgIpc) is 2.34. The van der Waals surface area contributed by atoms with Crippen LogP contribution in [0.25, 0.3) is 0 Å². The van der Waals surface area contributed by atoms with E-state index in [0.717, 1.165) is 12.8 Å². The van der Waals surface area contributed by atoms with Gasteiger partial charge in [-0.25, -0.2) is 0 Å². The number of allylic oxidation sites excluding steroid dienone is 3. The molecule has 0 amide bonds. The molecule has 0 spiro atoms. The molecule has 2 nitrogen and oxygen atoms in total. The third kappa shape index (κ3) is 2.62. The van der Waals surface area contributed by atoms with E-state index in [0.29, 0.717) is 0 Å². The van der Waals surface area contributed by atoms with Crippen molar-refractivity contribution in [1.82, 2.24) is 0 Å². The third-order valence-electron chi connectivity index (χ3n) is 4.16. The third-order valence-corrected chi connectivity index (χ3v) is 4.16. The van der Waals surface area contributed by atoms with Crippen LogP contribution in [-0.2, 0) is 9.53 Å². The van der Waals surface area contributed by atoms with Gasteiger partial charge in [-0.1, -0.05) is 37.6 Å². The zero-order valence-electron chi connectivity index (χ0n) is 10.8. The first-order valence-electron chi connectivity index (χ1n) is 6.70. The molecule has 94 valence electrons. The van der Waals surface area contributed by atoms with Crippen molar-refractivity contribution >= 4 is 5.97 Å². The minimum atomic E-state index is -0.480. The minimum Gasteiger partial charge on any atom is -0.462 e. The van der Waals surface area contributed by atoms with Crippen LogP contribution in [0.15, 0.2) is 24.3 Å². The SMILES string of the molecule is CC1C=CC=CC1(C)C(=O)OC1CCCCC1. The van der Waals surface area contributed by atoms with Crippen LogP contribution in [0.4, 0.5) is 0 Å². The van der Waals surface area contributed by atoms with Gasteiger partial charge in [-0.3, -0.25) is 4.79 Å². The molecule has 0 saturated heterocycles. The molecule has 2 aliphatic rings. The van der Waals surface area contributed by atoms with Gasteiger partial charge in [0.1, 0.15) is 6.10 Å². The van der Waals surface area contributed by atoms with E-state index in [2.05, 4.69) is 13.0 Å². The molecule has 17 heavy (non-hydrogen) atoms. The van der Waals surface area contributed by atoms with Crippen molar-refractivity contribution in [3.8, 4) is 0 Å². The Balaban J connectivity index is 1.99. The highest BCUT2D eigenvalue weighted by Crippen LogP contribution is 2.35. The Morgan fingerprint density at radius 1 is 1.24 bits per heavy atom. The van der Waals surface area contributed by atoms with E-state index in [1.54, 1.807) is 0 Å². The molecule has 0 radical (unpaired) electrons. The summed E-state index contributed by atoms with van der Waals surface area (Å²) in [5.41, 5.74) is -0.480. The van der Waals surface area contributed by atoms with E-state index in [9.17, 15) is 4.79 Å². The zero-order chi connectivity index (χ0) is 12.3. The summed E-state index contributed by atoms with van der Waals surface area (Å²) in [6.45, 7) is 4.05. The summed E-state index contributed by atoms with van der Waals surface area (Å²) in [6, 6.07) is 0. The zero-order valence-corrected chi connectivity index (χ0v) is 10.8. The normalized spacial score (nSPS) is 33.6. The van der Waals surface area contributed by atoms with Gasteiger partial charge < -0.3 is 4.74 Å². The monoisotopic (exact) mass is 234 g/mol. The molecular formula is C15H22O2. The summed E-state index contributed by atoms with van der Waals surface area (Å²) in [5.74, 6) is 0.154. The van der Waals surface area contributed by atoms with Crippen LogP contribution >= 0.6 is 0 Å². The first-order chi connectivity index (χ1) is 8.13. The van der Waals surface area contributed by atoms with Crippen LogP contribution in [0.3, 0.4) is 0 Å². The van der Waals surface area contributed by atoms with Gasteiger partial charge >= 0.3 is 5.97 Å². The van der Waals surface area contributed by atoms with Gasteiger partial charge in [-0.15, -0.1) is 0 Å². The predicted octanol–water partition coefficient (Wildman–Crippen LogP) is 3.63. The number of carbonyl (C=O) groups excluding carboxylic acids is 1. The van der Waals surface area contributed by atoms with Crippen LogP contribution in [0.1, 0.15) is 46.0 Å². The number of rotatable bonds is 2. The quantitative estimate of drug-likeness (QED) is 0.682. The van der Waals surface area contributed by atoms with Gasteiger partial charge in [0.05, 0.1) is 5.41 Å². The van der Waals surface area contributed by atoms with Crippen LogP contribution in [0.2, 0.25) is 0 Å². The van der Waals surface area contributed by atoms with Gasteiger partial charge in [0.15, 0.2) is 0 Å². The van der Waals surface area contributed by atoms with Crippen molar-refractivity contribution in [2.45, 2.75) is 52.1 Å². The Hall–Kier alpha value is -1.05. The molecule has 2 aliphatic carbocycles. The van der Waals surface area contributed by atoms with Gasteiger partial charge in [0.25, 0.3) is 0 Å². The Morgan fingerprint density at radius 3 is 2.59 bits per heavy atom. The highest BCUT2D eigenvalue weighted by molar-refractivity contribution is 5.80. The summed E-state index contributed by atoms with van der Waals surface area (Å²) in [4.78, 5) is 12.3. The maximum absolute atomic E-state index is 12.3. The molecule has 0 aliphatic heterocycles. The van der Waals surface area contributed by atoms with Gasteiger partial charge in [-0.2, -0.15) is 0 Å². The van der Waals surface area contributed by atoms with E-state index in [1.807, 2.05) is 25.2 Å². The summed E-state index contributed by atoms with van der Waals surface area (Å²) in [6.07, 6.45) is 13.9. The number of esters is 1. The van der Waals surface area contributed by atoms with E-state index in [4.69, 9.17) is 4.74 Å². The standard InChI is InChI=1S/C15H22O2/c1-12-8-6-7-11-15(12,2)14(16)17-13-9-4-3-5-10-13/h6-8,11-13H,3-5,9-10H2,1-2H3.